The van der Waals surface area contributed by atoms with Gasteiger partial charge in [0.1, 0.15) is 22.6 Å². The minimum Gasteiger partial charge on any atom is -0.455 e. The Hall–Kier alpha value is -4.07. The number of fused-ring (bicyclic) bond motifs is 1. The van der Waals surface area contributed by atoms with Crippen molar-refractivity contribution in [3.63, 3.8) is 0 Å². The maximum Gasteiger partial charge on any atom is 0.355 e. The Morgan fingerprint density at radius 2 is 1.31 bits per heavy atom. The highest BCUT2D eigenvalue weighted by molar-refractivity contribution is 6.09. The average molecular weight is 711 g/mol. The summed E-state index contributed by atoms with van der Waals surface area (Å²) in [6.07, 6.45) is 10.9. The predicted molar refractivity (Wildman–Crippen MR) is 212 cm³/mol. The third-order valence-corrected chi connectivity index (χ3v) is 10.8. The standard InChI is InChI=1S/C44H62N4O4/c1-14-28-24(4)33(22-36-29(15-2)26(6)37(47-36)41(49)51-43(8,9)10)45-35(28)23-34-25(5)31-20-18-17-19-21-32(40(31)46-34)39-30(16-3)27(7)38(48-39)42(50)52-44(11,12)13/h23,32,45,47-48H,14-22H2,1-13H3/b34-23+. The second-order valence-electron chi connectivity index (χ2n) is 16.7. The van der Waals surface area contributed by atoms with Crippen molar-refractivity contribution in [3.8, 4) is 0 Å². The first-order valence-corrected chi connectivity index (χ1v) is 19.5. The quantitative estimate of drug-likeness (QED) is 0.192. The van der Waals surface area contributed by atoms with Crippen LogP contribution in [0, 0.1) is 20.8 Å². The van der Waals surface area contributed by atoms with Gasteiger partial charge in [0.25, 0.3) is 0 Å². The van der Waals surface area contributed by atoms with E-state index in [2.05, 4.69) is 55.6 Å². The Morgan fingerprint density at radius 3 is 1.88 bits per heavy atom. The third kappa shape index (κ3) is 7.96. The van der Waals surface area contributed by atoms with E-state index in [-0.39, 0.29) is 17.9 Å². The van der Waals surface area contributed by atoms with E-state index in [1.54, 1.807) is 0 Å². The van der Waals surface area contributed by atoms with Crippen LogP contribution in [0.1, 0.15) is 184 Å². The Morgan fingerprint density at radius 1 is 0.731 bits per heavy atom. The molecule has 5 rings (SSSR count). The molecule has 52 heavy (non-hydrogen) atoms. The van der Waals surface area contributed by atoms with E-state index in [1.165, 1.54) is 39.8 Å². The lowest BCUT2D eigenvalue weighted by Crippen LogP contribution is -2.24. The highest BCUT2D eigenvalue weighted by atomic mass is 16.6. The number of ether oxygens (including phenoxy) is 2. The number of H-pyrrole nitrogens is 3. The molecule has 1 fully saturated rings. The molecule has 0 aromatic carbocycles. The smallest absolute Gasteiger partial charge is 0.355 e. The van der Waals surface area contributed by atoms with Gasteiger partial charge in [0.2, 0.25) is 0 Å². The first-order chi connectivity index (χ1) is 24.4. The lowest BCUT2D eigenvalue weighted by molar-refractivity contribution is 0.00501. The second-order valence-corrected chi connectivity index (χ2v) is 16.7. The molecular formula is C44H62N4O4. The van der Waals surface area contributed by atoms with Gasteiger partial charge in [-0.25, -0.2) is 9.59 Å². The van der Waals surface area contributed by atoms with Crippen LogP contribution in [0.3, 0.4) is 0 Å². The van der Waals surface area contributed by atoms with Crippen LogP contribution in [0.15, 0.2) is 21.8 Å². The van der Waals surface area contributed by atoms with Gasteiger partial charge in [-0.05, 0) is 158 Å². The molecule has 0 radical (unpaired) electrons. The molecule has 0 saturated heterocycles. The fraction of sp³-hybridized carbons (Fsp3) is 0.568. The van der Waals surface area contributed by atoms with Crippen LogP contribution in [0.4, 0.5) is 0 Å². The van der Waals surface area contributed by atoms with Crippen LogP contribution in [0.2, 0.25) is 0 Å². The van der Waals surface area contributed by atoms with E-state index in [1.807, 2.05) is 55.4 Å². The Bertz CT molecular complexity index is 1940. The molecule has 282 valence electrons. The fourth-order valence-electron chi connectivity index (χ4n) is 8.20. The summed E-state index contributed by atoms with van der Waals surface area (Å²) in [5.74, 6) is -0.537. The number of nitrogens with zero attached hydrogens (tertiary/aromatic N) is 1. The van der Waals surface area contributed by atoms with Crippen molar-refractivity contribution in [3.05, 3.63) is 84.4 Å². The molecular weight excluding hydrogens is 649 g/mol. The largest absolute Gasteiger partial charge is 0.455 e. The number of aromatic amines is 3. The molecule has 1 atom stereocenters. The topological polar surface area (TPSA) is 112 Å². The summed E-state index contributed by atoms with van der Waals surface area (Å²) in [6.45, 7) is 26.4. The van der Waals surface area contributed by atoms with Crippen molar-refractivity contribution in [2.45, 2.75) is 165 Å². The molecule has 0 bridgehead atoms. The van der Waals surface area contributed by atoms with Crippen LogP contribution in [0.25, 0.3) is 6.08 Å². The molecule has 1 unspecified atom stereocenters. The number of carbonyl (C=O) groups is 2. The predicted octanol–water partition coefficient (Wildman–Crippen LogP) is 10.6. The van der Waals surface area contributed by atoms with Crippen LogP contribution >= 0.6 is 0 Å². The van der Waals surface area contributed by atoms with E-state index in [4.69, 9.17) is 14.5 Å². The Kier molecular flexibility index (Phi) is 11.4. The molecule has 8 nitrogen and oxygen atoms in total. The maximum absolute atomic E-state index is 13.3. The van der Waals surface area contributed by atoms with Gasteiger partial charge >= 0.3 is 11.9 Å². The highest BCUT2D eigenvalue weighted by Gasteiger charge is 2.34. The number of rotatable bonds is 9. The first-order valence-electron chi connectivity index (χ1n) is 19.5. The second kappa shape index (κ2) is 15.1. The van der Waals surface area contributed by atoms with Crippen LogP contribution in [-0.4, -0.2) is 43.8 Å². The van der Waals surface area contributed by atoms with Gasteiger partial charge < -0.3 is 24.4 Å². The van der Waals surface area contributed by atoms with E-state index >= 15 is 0 Å². The number of esters is 2. The molecule has 3 N–H and O–H groups in total. The van der Waals surface area contributed by atoms with Gasteiger partial charge in [0, 0.05) is 35.1 Å². The van der Waals surface area contributed by atoms with Crippen molar-refractivity contribution in [1.82, 2.24) is 15.0 Å². The van der Waals surface area contributed by atoms with Gasteiger partial charge in [-0.15, -0.1) is 0 Å². The number of allylic oxidation sites excluding steroid dienone is 2. The zero-order valence-electron chi connectivity index (χ0n) is 34.1. The number of aliphatic imine (C=N–C) groups is 1. The summed E-state index contributed by atoms with van der Waals surface area (Å²) in [6, 6.07) is 0. The zero-order chi connectivity index (χ0) is 38.3. The van der Waals surface area contributed by atoms with E-state index in [9.17, 15) is 9.59 Å². The van der Waals surface area contributed by atoms with E-state index in [0.717, 1.165) is 90.3 Å². The third-order valence-electron chi connectivity index (χ3n) is 10.8. The summed E-state index contributed by atoms with van der Waals surface area (Å²) in [5.41, 5.74) is 15.9. The number of hydrogen-bond acceptors (Lipinski definition) is 5. The molecule has 3 aromatic heterocycles. The van der Waals surface area contributed by atoms with Crippen molar-refractivity contribution in [1.29, 1.82) is 0 Å². The maximum atomic E-state index is 13.3. The van der Waals surface area contributed by atoms with Crippen molar-refractivity contribution in [2.24, 2.45) is 4.99 Å². The summed E-state index contributed by atoms with van der Waals surface area (Å²) in [5, 5.41) is 0. The number of hydrogen-bond donors (Lipinski definition) is 3. The number of nitrogens with one attached hydrogen (secondary N) is 3. The summed E-state index contributed by atoms with van der Waals surface area (Å²) in [4.78, 5) is 42.7. The average Bonchev–Trinajstić information content (AvgIpc) is 3.72. The Balaban J connectivity index is 1.54. The number of aromatic nitrogens is 3. The highest BCUT2D eigenvalue weighted by Crippen LogP contribution is 2.42. The summed E-state index contributed by atoms with van der Waals surface area (Å²) in [7, 11) is 0. The minimum absolute atomic E-state index is 0.0790. The van der Waals surface area contributed by atoms with Gasteiger partial charge in [-0.3, -0.25) is 4.99 Å². The van der Waals surface area contributed by atoms with Gasteiger partial charge in [0.15, 0.2) is 0 Å². The van der Waals surface area contributed by atoms with Crippen LogP contribution in [0.5, 0.6) is 0 Å². The van der Waals surface area contributed by atoms with E-state index in [0.29, 0.717) is 17.8 Å². The lowest BCUT2D eigenvalue weighted by Gasteiger charge is -2.23. The normalized spacial score (nSPS) is 17.7. The van der Waals surface area contributed by atoms with Crippen molar-refractivity contribution in [2.75, 3.05) is 0 Å². The SMILES string of the molecule is CCc1c(/C=C2/N=C3C(=C2C)CCCCCC3c2[nH]c(C(=O)OC(C)(C)C)c(C)c2CC)[nH]c(Cc2[nH]c(C(=O)OC(C)(C)C)c(C)c2CC)c1C. The first kappa shape index (κ1) is 39.1. The van der Waals surface area contributed by atoms with Crippen molar-refractivity contribution < 1.29 is 19.1 Å². The Labute approximate surface area is 311 Å². The zero-order valence-corrected chi connectivity index (χ0v) is 34.1. The molecule has 1 aliphatic heterocycles. The minimum atomic E-state index is -0.571. The van der Waals surface area contributed by atoms with Crippen LogP contribution < -0.4 is 0 Å². The molecule has 4 heterocycles. The molecule has 8 heteroatoms. The van der Waals surface area contributed by atoms with Crippen molar-refractivity contribution >= 4 is 23.7 Å². The summed E-state index contributed by atoms with van der Waals surface area (Å²) >= 11 is 0. The number of carbonyl (C=O) groups excluding carboxylic acids is 2. The molecule has 3 aromatic rings. The fourth-order valence-corrected chi connectivity index (χ4v) is 8.20. The molecule has 1 aliphatic carbocycles. The van der Waals surface area contributed by atoms with Crippen LogP contribution in [-0.2, 0) is 35.2 Å². The molecule has 2 aliphatic rings. The lowest BCUT2D eigenvalue weighted by atomic mass is 9.82. The molecule has 0 amide bonds. The molecule has 1 saturated carbocycles. The van der Waals surface area contributed by atoms with E-state index < -0.39 is 11.2 Å². The molecule has 0 spiro atoms. The van der Waals surface area contributed by atoms with Gasteiger partial charge in [-0.1, -0.05) is 33.6 Å². The van der Waals surface area contributed by atoms with Gasteiger partial charge in [-0.2, -0.15) is 0 Å². The summed E-state index contributed by atoms with van der Waals surface area (Å²) < 4.78 is 11.5. The monoisotopic (exact) mass is 710 g/mol. The van der Waals surface area contributed by atoms with Gasteiger partial charge in [0.05, 0.1) is 11.4 Å².